The highest BCUT2D eigenvalue weighted by Crippen LogP contribution is 2.06. The summed E-state index contributed by atoms with van der Waals surface area (Å²) in [5.74, 6) is 0.461. The van der Waals surface area contributed by atoms with Gasteiger partial charge >= 0.3 is 0 Å². The number of ether oxygens (including phenoxy) is 2. The minimum absolute atomic E-state index is 0.0847. The van der Waals surface area contributed by atoms with Crippen LogP contribution in [-0.2, 0) is 9.47 Å². The Hall–Kier alpha value is -1.71. The number of nitriles is 1. The number of hydrogen-bond donors (Lipinski definition) is 1. The van der Waals surface area contributed by atoms with Gasteiger partial charge in [0, 0.05) is 33.2 Å². The zero-order valence-corrected chi connectivity index (χ0v) is 9.30. The molecule has 0 saturated heterocycles. The summed E-state index contributed by atoms with van der Waals surface area (Å²) >= 11 is 0. The minimum Gasteiger partial charge on any atom is -0.382 e. The first-order valence-electron chi connectivity index (χ1n) is 4.78. The second-order valence-corrected chi connectivity index (χ2v) is 3.06. The topological polar surface area (TPSA) is 80.1 Å². The van der Waals surface area contributed by atoms with Gasteiger partial charge in [0.25, 0.3) is 0 Å². The van der Waals surface area contributed by atoms with E-state index < -0.39 is 0 Å². The molecule has 1 unspecified atom stereocenters. The maximum absolute atomic E-state index is 8.80. The summed E-state index contributed by atoms with van der Waals surface area (Å²) in [6, 6.07) is 1.96. The fourth-order valence-electron chi connectivity index (χ4n) is 1.16. The van der Waals surface area contributed by atoms with Gasteiger partial charge in [0.1, 0.15) is 6.07 Å². The zero-order valence-electron chi connectivity index (χ0n) is 9.30. The number of nitrogens with one attached hydrogen (secondary N) is 1. The molecule has 16 heavy (non-hydrogen) atoms. The monoisotopic (exact) mass is 222 g/mol. The van der Waals surface area contributed by atoms with Crippen LogP contribution in [0.2, 0.25) is 0 Å². The number of rotatable bonds is 6. The van der Waals surface area contributed by atoms with E-state index in [2.05, 4.69) is 15.3 Å². The van der Waals surface area contributed by atoms with E-state index in [9.17, 15) is 0 Å². The normalized spacial score (nSPS) is 11.8. The molecule has 1 heterocycles. The third-order valence-electron chi connectivity index (χ3n) is 1.99. The molecule has 1 N–H and O–H groups in total. The van der Waals surface area contributed by atoms with Crippen LogP contribution in [0.4, 0.5) is 5.82 Å². The van der Waals surface area contributed by atoms with Crippen molar-refractivity contribution in [2.45, 2.75) is 6.10 Å². The highest BCUT2D eigenvalue weighted by molar-refractivity contribution is 5.46. The van der Waals surface area contributed by atoms with Crippen molar-refractivity contribution < 1.29 is 9.47 Å². The second-order valence-electron chi connectivity index (χ2n) is 3.06. The Morgan fingerprint density at radius 3 is 2.81 bits per heavy atom. The molecule has 1 atom stereocenters. The first-order valence-corrected chi connectivity index (χ1v) is 4.78. The molecule has 0 saturated carbocycles. The van der Waals surface area contributed by atoms with Crippen molar-refractivity contribution in [2.75, 3.05) is 32.7 Å². The van der Waals surface area contributed by atoms with E-state index in [1.54, 1.807) is 14.2 Å². The highest BCUT2D eigenvalue weighted by atomic mass is 16.5. The van der Waals surface area contributed by atoms with E-state index >= 15 is 0 Å². The van der Waals surface area contributed by atoms with Crippen LogP contribution in [0, 0.1) is 11.3 Å². The van der Waals surface area contributed by atoms with Crippen molar-refractivity contribution in [3.05, 3.63) is 18.1 Å². The van der Waals surface area contributed by atoms with Crippen LogP contribution >= 0.6 is 0 Å². The van der Waals surface area contributed by atoms with Gasteiger partial charge in [0.05, 0.1) is 12.7 Å². The standard InChI is InChI=1S/C10H14N4O2/c1-15-7-8(16-2)6-14-10-9(5-11)12-3-4-13-10/h3-4,8H,6-7H2,1-2H3,(H,13,14). The largest absolute Gasteiger partial charge is 0.382 e. The maximum atomic E-state index is 8.80. The summed E-state index contributed by atoms with van der Waals surface area (Å²) in [6.07, 6.45) is 2.92. The first kappa shape index (κ1) is 12.4. The fourth-order valence-corrected chi connectivity index (χ4v) is 1.16. The highest BCUT2D eigenvalue weighted by Gasteiger charge is 2.09. The van der Waals surface area contributed by atoms with Gasteiger partial charge in [0.2, 0.25) is 0 Å². The molecule has 1 aromatic rings. The predicted molar refractivity (Wildman–Crippen MR) is 57.9 cm³/mol. The maximum Gasteiger partial charge on any atom is 0.182 e. The summed E-state index contributed by atoms with van der Waals surface area (Å²) in [7, 11) is 3.21. The van der Waals surface area contributed by atoms with Crippen molar-refractivity contribution in [3.8, 4) is 6.07 Å². The minimum atomic E-state index is -0.0847. The van der Waals surface area contributed by atoms with Crippen LogP contribution in [0.25, 0.3) is 0 Å². The average molecular weight is 222 g/mol. The molecule has 6 heteroatoms. The second kappa shape index (κ2) is 6.71. The van der Waals surface area contributed by atoms with Crippen molar-refractivity contribution in [2.24, 2.45) is 0 Å². The lowest BCUT2D eigenvalue weighted by Gasteiger charge is -2.15. The van der Waals surface area contributed by atoms with Gasteiger partial charge in [-0.25, -0.2) is 9.97 Å². The van der Waals surface area contributed by atoms with E-state index in [0.29, 0.717) is 19.0 Å². The van der Waals surface area contributed by atoms with Gasteiger partial charge in [0.15, 0.2) is 11.5 Å². The van der Waals surface area contributed by atoms with Gasteiger partial charge in [-0.3, -0.25) is 0 Å². The molecule has 0 aliphatic carbocycles. The van der Waals surface area contributed by atoms with Crippen LogP contribution in [-0.4, -0.2) is 43.4 Å². The van der Waals surface area contributed by atoms with Crippen LogP contribution in [0.5, 0.6) is 0 Å². The molecular formula is C10H14N4O2. The number of aromatic nitrogens is 2. The predicted octanol–water partition coefficient (Wildman–Crippen LogP) is 0.422. The van der Waals surface area contributed by atoms with Gasteiger partial charge in [-0.1, -0.05) is 0 Å². The Balaban J connectivity index is 2.56. The van der Waals surface area contributed by atoms with E-state index in [1.807, 2.05) is 6.07 Å². The van der Waals surface area contributed by atoms with Crippen LogP contribution in [0.15, 0.2) is 12.4 Å². The van der Waals surface area contributed by atoms with Gasteiger partial charge in [-0.2, -0.15) is 5.26 Å². The molecule has 0 bridgehead atoms. The van der Waals surface area contributed by atoms with Crippen LogP contribution < -0.4 is 5.32 Å². The Bertz CT molecular complexity index is 364. The Morgan fingerprint density at radius 2 is 2.19 bits per heavy atom. The van der Waals surface area contributed by atoms with Crippen molar-refractivity contribution >= 4 is 5.82 Å². The third-order valence-corrected chi connectivity index (χ3v) is 1.99. The number of anilines is 1. The SMILES string of the molecule is COCC(CNc1nccnc1C#N)OC. The van der Waals surface area contributed by atoms with Crippen molar-refractivity contribution in [1.29, 1.82) is 5.26 Å². The Morgan fingerprint density at radius 1 is 1.44 bits per heavy atom. The molecule has 0 aliphatic heterocycles. The fraction of sp³-hybridized carbons (Fsp3) is 0.500. The van der Waals surface area contributed by atoms with Crippen LogP contribution in [0.1, 0.15) is 5.69 Å². The molecule has 6 nitrogen and oxygen atoms in total. The zero-order chi connectivity index (χ0) is 11.8. The molecule has 0 amide bonds. The number of methoxy groups -OCH3 is 2. The lowest BCUT2D eigenvalue weighted by molar-refractivity contribution is 0.0365. The molecule has 1 rings (SSSR count). The summed E-state index contributed by atoms with van der Waals surface area (Å²) < 4.78 is 10.1. The van der Waals surface area contributed by atoms with Crippen molar-refractivity contribution in [3.63, 3.8) is 0 Å². The first-order chi connectivity index (χ1) is 7.81. The summed E-state index contributed by atoms with van der Waals surface area (Å²) in [5, 5.41) is 11.8. The summed E-state index contributed by atoms with van der Waals surface area (Å²) in [4.78, 5) is 7.91. The van der Waals surface area contributed by atoms with Gasteiger partial charge in [-0.15, -0.1) is 0 Å². The smallest absolute Gasteiger partial charge is 0.182 e. The van der Waals surface area contributed by atoms with Crippen LogP contribution in [0.3, 0.4) is 0 Å². The molecule has 1 aromatic heterocycles. The average Bonchev–Trinajstić information content (AvgIpc) is 2.34. The summed E-state index contributed by atoms with van der Waals surface area (Å²) in [6.45, 7) is 0.989. The van der Waals surface area contributed by atoms with E-state index in [4.69, 9.17) is 14.7 Å². The van der Waals surface area contributed by atoms with E-state index in [-0.39, 0.29) is 11.8 Å². The van der Waals surface area contributed by atoms with Crippen molar-refractivity contribution in [1.82, 2.24) is 9.97 Å². The van der Waals surface area contributed by atoms with Gasteiger partial charge < -0.3 is 14.8 Å². The molecule has 0 aromatic carbocycles. The Labute approximate surface area is 94.2 Å². The lowest BCUT2D eigenvalue weighted by atomic mass is 10.3. The molecular weight excluding hydrogens is 208 g/mol. The lowest BCUT2D eigenvalue weighted by Crippen LogP contribution is -2.27. The molecule has 0 aliphatic rings. The molecule has 0 spiro atoms. The molecule has 86 valence electrons. The molecule has 0 radical (unpaired) electrons. The summed E-state index contributed by atoms with van der Waals surface area (Å²) in [5.41, 5.74) is 0.273. The quantitative estimate of drug-likeness (QED) is 0.751. The number of hydrogen-bond acceptors (Lipinski definition) is 6. The van der Waals surface area contributed by atoms with E-state index in [1.165, 1.54) is 12.4 Å². The number of nitrogens with zero attached hydrogens (tertiary/aromatic N) is 3. The third kappa shape index (κ3) is 3.46. The van der Waals surface area contributed by atoms with Gasteiger partial charge in [-0.05, 0) is 0 Å². The van der Waals surface area contributed by atoms with E-state index in [0.717, 1.165) is 0 Å². The molecule has 0 fully saturated rings. The Kier molecular flexibility index (Phi) is 5.19.